The van der Waals surface area contributed by atoms with E-state index in [1.54, 1.807) is 57.4 Å². The van der Waals surface area contributed by atoms with E-state index in [-0.39, 0.29) is 12.5 Å². The van der Waals surface area contributed by atoms with Crippen LogP contribution in [0.4, 0.5) is 5.00 Å². The highest BCUT2D eigenvalue weighted by Crippen LogP contribution is 2.40. The Morgan fingerprint density at radius 3 is 2.60 bits per heavy atom. The number of fused-ring (bicyclic) bond motifs is 1. The lowest BCUT2D eigenvalue weighted by molar-refractivity contribution is -0.127. The summed E-state index contributed by atoms with van der Waals surface area (Å²) in [5, 5.41) is 7.47. The first-order chi connectivity index (χ1) is 21.7. The molecule has 0 saturated carbocycles. The molecule has 240 valence electrons. The van der Waals surface area contributed by atoms with E-state index in [1.165, 1.54) is 17.6 Å². The molecule has 11 heteroatoms. The highest BCUT2D eigenvalue weighted by Gasteiger charge is 2.29. The maximum absolute atomic E-state index is 13.1. The average Bonchev–Trinajstić information content (AvgIpc) is 3.38. The number of thiophene rings is 1. The first kappa shape index (κ1) is 33.5. The van der Waals surface area contributed by atoms with Crippen LogP contribution < -0.4 is 25.0 Å². The minimum absolute atomic E-state index is 0.260. The molecule has 0 spiro atoms. The van der Waals surface area contributed by atoms with Crippen LogP contribution in [-0.4, -0.2) is 50.4 Å². The van der Waals surface area contributed by atoms with Gasteiger partial charge in [0.1, 0.15) is 10.8 Å². The number of carbonyl (C=O) groups excluding carboxylic acids is 3. The Bertz CT molecular complexity index is 1520. The highest BCUT2D eigenvalue weighted by atomic mass is 32.1. The number of nitrogens with one attached hydrogen (secondary N) is 2. The molecule has 10 nitrogen and oxygen atoms in total. The van der Waals surface area contributed by atoms with Gasteiger partial charge in [0.25, 0.3) is 11.8 Å². The normalized spacial score (nSPS) is 14.7. The number of anilines is 1. The maximum Gasteiger partial charge on any atom is 0.341 e. The summed E-state index contributed by atoms with van der Waals surface area (Å²) in [7, 11) is 1.57. The Balaban J connectivity index is 1.33. The summed E-state index contributed by atoms with van der Waals surface area (Å²) in [6.45, 7) is 8.53. The van der Waals surface area contributed by atoms with Gasteiger partial charge in [-0.15, -0.1) is 11.3 Å². The van der Waals surface area contributed by atoms with E-state index in [1.807, 2.05) is 6.07 Å². The van der Waals surface area contributed by atoms with Gasteiger partial charge >= 0.3 is 5.97 Å². The summed E-state index contributed by atoms with van der Waals surface area (Å²) in [6.07, 6.45) is 5.30. The van der Waals surface area contributed by atoms with Crippen LogP contribution in [-0.2, 0) is 22.4 Å². The molecule has 4 rings (SSSR count). The predicted octanol–water partition coefficient (Wildman–Crippen LogP) is 6.41. The van der Waals surface area contributed by atoms with Gasteiger partial charge in [-0.2, -0.15) is 5.10 Å². The summed E-state index contributed by atoms with van der Waals surface area (Å²) >= 11 is 1.44. The minimum Gasteiger partial charge on any atom is -0.493 e. The molecule has 0 radical (unpaired) electrons. The number of esters is 1. The fourth-order valence-electron chi connectivity index (χ4n) is 4.85. The maximum atomic E-state index is 13.1. The largest absolute Gasteiger partial charge is 0.493 e. The number of rotatable bonds is 14. The van der Waals surface area contributed by atoms with Gasteiger partial charge in [0.2, 0.25) is 0 Å². The summed E-state index contributed by atoms with van der Waals surface area (Å²) in [4.78, 5) is 39.6. The summed E-state index contributed by atoms with van der Waals surface area (Å²) in [6, 6.07) is 11.9. The number of ether oxygens (including phenoxy) is 4. The van der Waals surface area contributed by atoms with Crippen LogP contribution in [0.15, 0.2) is 47.6 Å². The first-order valence-electron chi connectivity index (χ1n) is 15.3. The molecular weight excluding hydrogens is 594 g/mol. The highest BCUT2D eigenvalue weighted by molar-refractivity contribution is 7.17. The zero-order valence-electron chi connectivity index (χ0n) is 26.4. The molecule has 2 aromatic carbocycles. The Hall–Kier alpha value is -4.38. The molecule has 0 fully saturated rings. The zero-order valence-corrected chi connectivity index (χ0v) is 27.3. The van der Waals surface area contributed by atoms with Crippen LogP contribution in [0.25, 0.3) is 0 Å². The van der Waals surface area contributed by atoms with E-state index in [0.29, 0.717) is 45.9 Å². The Labute approximate surface area is 268 Å². The lowest BCUT2D eigenvalue weighted by Gasteiger charge is -2.18. The molecule has 3 aromatic rings. The zero-order chi connectivity index (χ0) is 32.3. The monoisotopic (exact) mass is 635 g/mol. The number of amides is 2. The summed E-state index contributed by atoms with van der Waals surface area (Å²) < 4.78 is 22.2. The van der Waals surface area contributed by atoms with E-state index in [0.717, 1.165) is 48.1 Å². The minimum atomic E-state index is -0.849. The summed E-state index contributed by atoms with van der Waals surface area (Å²) in [5.41, 5.74) is 5.04. The average molecular weight is 636 g/mol. The van der Waals surface area contributed by atoms with Crippen molar-refractivity contribution in [1.82, 2.24) is 5.43 Å². The van der Waals surface area contributed by atoms with Crippen LogP contribution >= 0.6 is 11.3 Å². The number of hydrogen-bond acceptors (Lipinski definition) is 9. The second kappa shape index (κ2) is 16.1. The number of hydrazone groups is 1. The number of carbonyl (C=O) groups is 3. The number of benzene rings is 2. The standard InChI is InChI=1S/C34H41N3O7S/c1-6-8-17-43-27-16-10-23(19-28(27)41-5)20-35-37-31(38)22(4)44-25-13-11-24(12-14-25)32(39)36-33-30(34(40)42-7-2)26-15-9-21(3)18-29(26)45-33/h10-14,16,19-22H,6-9,15,17-18H2,1-5H3,(H,36,39)(H,37,38)/b35-20-/t21-,22+/m1/s1. The van der Waals surface area contributed by atoms with Crippen LogP contribution in [0.3, 0.4) is 0 Å². The van der Waals surface area contributed by atoms with Crippen molar-refractivity contribution < 1.29 is 33.3 Å². The third kappa shape index (κ3) is 8.85. The Morgan fingerprint density at radius 1 is 1.11 bits per heavy atom. The van der Waals surface area contributed by atoms with Gasteiger partial charge in [0.05, 0.1) is 32.1 Å². The molecule has 0 bridgehead atoms. The van der Waals surface area contributed by atoms with Crippen LogP contribution in [0.1, 0.15) is 83.7 Å². The van der Waals surface area contributed by atoms with Crippen molar-refractivity contribution in [2.75, 3.05) is 25.6 Å². The van der Waals surface area contributed by atoms with E-state index in [9.17, 15) is 14.4 Å². The molecule has 1 aromatic heterocycles. The van der Waals surface area contributed by atoms with Crippen molar-refractivity contribution in [1.29, 1.82) is 0 Å². The van der Waals surface area contributed by atoms with Gasteiger partial charge in [-0.05, 0) is 99.0 Å². The third-order valence-electron chi connectivity index (χ3n) is 7.35. The van der Waals surface area contributed by atoms with Crippen LogP contribution in [0, 0.1) is 5.92 Å². The van der Waals surface area contributed by atoms with Gasteiger partial charge in [-0.1, -0.05) is 20.3 Å². The molecular formula is C34H41N3O7S. The van der Waals surface area contributed by atoms with Crippen LogP contribution in [0.5, 0.6) is 17.2 Å². The van der Waals surface area contributed by atoms with Gasteiger partial charge in [-0.3, -0.25) is 9.59 Å². The second-order valence-corrected chi connectivity index (χ2v) is 12.0. The van der Waals surface area contributed by atoms with Crippen molar-refractivity contribution in [2.24, 2.45) is 11.0 Å². The molecule has 2 N–H and O–H groups in total. The topological polar surface area (TPSA) is 125 Å². The van der Waals surface area contributed by atoms with E-state index in [2.05, 4.69) is 29.7 Å². The fraction of sp³-hybridized carbons (Fsp3) is 0.412. The predicted molar refractivity (Wildman–Crippen MR) is 175 cm³/mol. The van der Waals surface area contributed by atoms with E-state index in [4.69, 9.17) is 18.9 Å². The van der Waals surface area contributed by atoms with E-state index >= 15 is 0 Å². The van der Waals surface area contributed by atoms with Gasteiger partial charge in [0, 0.05) is 10.4 Å². The molecule has 2 atom stereocenters. The molecule has 1 heterocycles. The van der Waals surface area contributed by atoms with Crippen molar-refractivity contribution in [3.63, 3.8) is 0 Å². The molecule has 45 heavy (non-hydrogen) atoms. The quantitative estimate of drug-likeness (QED) is 0.0908. The van der Waals surface area contributed by atoms with Crippen LogP contribution in [0.2, 0.25) is 0 Å². The summed E-state index contributed by atoms with van der Waals surface area (Å²) in [5.74, 6) is 0.964. The SMILES string of the molecule is CCCCOc1ccc(/C=N\NC(=O)[C@H](C)Oc2ccc(C(=O)Nc3sc4c(c3C(=O)OCC)CC[C@@H](C)C4)cc2)cc1OC. The van der Waals surface area contributed by atoms with Crippen molar-refractivity contribution in [3.05, 3.63) is 69.6 Å². The lowest BCUT2D eigenvalue weighted by atomic mass is 9.88. The van der Waals surface area contributed by atoms with Crippen molar-refractivity contribution >= 4 is 40.3 Å². The smallest absolute Gasteiger partial charge is 0.341 e. The van der Waals surface area contributed by atoms with Gasteiger partial charge in [-0.25, -0.2) is 10.2 Å². The number of hydrogen-bond donors (Lipinski definition) is 2. The second-order valence-electron chi connectivity index (χ2n) is 10.9. The first-order valence-corrected chi connectivity index (χ1v) is 16.1. The molecule has 0 unspecified atom stereocenters. The molecule has 1 aliphatic rings. The molecule has 0 aliphatic heterocycles. The lowest BCUT2D eigenvalue weighted by Crippen LogP contribution is -2.33. The number of methoxy groups -OCH3 is 1. The third-order valence-corrected chi connectivity index (χ3v) is 8.52. The molecule has 2 amide bonds. The van der Waals surface area contributed by atoms with Gasteiger partial charge in [0.15, 0.2) is 17.6 Å². The fourth-order valence-corrected chi connectivity index (χ4v) is 6.24. The molecule has 0 saturated heterocycles. The van der Waals surface area contributed by atoms with Gasteiger partial charge < -0.3 is 24.3 Å². The Kier molecular flexibility index (Phi) is 12.0. The van der Waals surface area contributed by atoms with Crippen molar-refractivity contribution in [2.45, 2.75) is 65.9 Å². The van der Waals surface area contributed by atoms with Crippen molar-refractivity contribution in [3.8, 4) is 17.2 Å². The molecule has 1 aliphatic carbocycles. The Morgan fingerprint density at radius 2 is 1.89 bits per heavy atom. The van der Waals surface area contributed by atoms with E-state index < -0.39 is 18.0 Å². The number of unbranched alkanes of at least 4 members (excludes halogenated alkanes) is 1. The number of nitrogens with zero attached hydrogens (tertiary/aromatic N) is 1.